The van der Waals surface area contributed by atoms with Gasteiger partial charge in [-0.3, -0.25) is 0 Å². The number of furan rings is 2. The van der Waals surface area contributed by atoms with Crippen molar-refractivity contribution >= 4 is 65.7 Å². The van der Waals surface area contributed by atoms with Gasteiger partial charge in [-0.2, -0.15) is 10.5 Å². The van der Waals surface area contributed by atoms with Crippen molar-refractivity contribution in [2.75, 3.05) is 0 Å². The fourth-order valence-corrected chi connectivity index (χ4v) is 6.52. The van der Waals surface area contributed by atoms with Gasteiger partial charge >= 0.3 is 0 Å². The van der Waals surface area contributed by atoms with Gasteiger partial charge in [-0.05, 0) is 78.4 Å². The van der Waals surface area contributed by atoms with E-state index in [4.69, 9.17) is 8.83 Å². The molecule has 0 saturated carbocycles. The van der Waals surface area contributed by atoms with Crippen LogP contribution in [-0.4, -0.2) is 4.57 Å². The highest BCUT2D eigenvalue weighted by Crippen LogP contribution is 2.41. The largest absolute Gasteiger partial charge is 0.452 e. The number of aromatic nitrogens is 1. The highest BCUT2D eigenvalue weighted by Gasteiger charge is 2.19. The molecule has 5 nitrogen and oxygen atoms in total. The van der Waals surface area contributed by atoms with Crippen LogP contribution in [0.25, 0.3) is 82.5 Å². The second-order valence-corrected chi connectivity index (χ2v) is 10.8. The van der Waals surface area contributed by atoms with Crippen LogP contribution in [0.15, 0.2) is 124 Å². The van der Waals surface area contributed by atoms with Crippen LogP contribution in [0.3, 0.4) is 0 Å². The summed E-state index contributed by atoms with van der Waals surface area (Å²) in [5.74, 6) is 0. The molecule has 0 bridgehead atoms. The minimum Gasteiger partial charge on any atom is -0.452 e. The number of nitriles is 2. The summed E-state index contributed by atoms with van der Waals surface area (Å²) in [4.78, 5) is 0. The number of para-hydroxylation sites is 2. The van der Waals surface area contributed by atoms with Crippen molar-refractivity contribution < 1.29 is 8.83 Å². The van der Waals surface area contributed by atoms with Crippen LogP contribution in [-0.2, 0) is 0 Å². The Bertz CT molecular complexity index is 2650. The SMILES string of the molecule is N#Cc1ccc(-n2c3ccccc3c3ccccc32)c(-c2ccc3oc4c(ccc5c6cc(C#N)ccc6oc54)c3c2)c1. The molecule has 0 atom stereocenters. The predicted molar refractivity (Wildman–Crippen MR) is 170 cm³/mol. The fourth-order valence-electron chi connectivity index (χ4n) is 6.52. The van der Waals surface area contributed by atoms with E-state index in [1.807, 2.05) is 48.5 Å². The Morgan fingerprint density at radius 3 is 1.70 bits per heavy atom. The molecule has 5 heteroatoms. The molecule has 3 aromatic heterocycles. The lowest BCUT2D eigenvalue weighted by atomic mass is 9.98. The van der Waals surface area contributed by atoms with E-state index < -0.39 is 0 Å². The Balaban J connectivity index is 1.31. The monoisotopic (exact) mass is 549 g/mol. The molecule has 0 amide bonds. The highest BCUT2D eigenvalue weighted by molar-refractivity contribution is 6.19. The first kappa shape index (κ1) is 23.4. The van der Waals surface area contributed by atoms with Gasteiger partial charge in [0, 0.05) is 37.9 Å². The van der Waals surface area contributed by atoms with E-state index in [0.29, 0.717) is 27.9 Å². The van der Waals surface area contributed by atoms with E-state index in [-0.39, 0.29) is 0 Å². The van der Waals surface area contributed by atoms with E-state index in [0.717, 1.165) is 55.0 Å². The van der Waals surface area contributed by atoms with E-state index in [9.17, 15) is 10.5 Å². The van der Waals surface area contributed by atoms with Gasteiger partial charge in [0.15, 0.2) is 11.2 Å². The average Bonchev–Trinajstić information content (AvgIpc) is 3.73. The van der Waals surface area contributed by atoms with Crippen LogP contribution < -0.4 is 0 Å². The van der Waals surface area contributed by atoms with Gasteiger partial charge in [0.05, 0.1) is 40.0 Å². The van der Waals surface area contributed by atoms with Crippen LogP contribution >= 0.6 is 0 Å². The Morgan fingerprint density at radius 2 is 1.05 bits per heavy atom. The van der Waals surface area contributed by atoms with Gasteiger partial charge in [0.2, 0.25) is 0 Å². The molecule has 0 radical (unpaired) electrons. The minimum atomic E-state index is 0.586. The van der Waals surface area contributed by atoms with Crippen LogP contribution in [0.2, 0.25) is 0 Å². The van der Waals surface area contributed by atoms with Gasteiger partial charge in [-0.15, -0.1) is 0 Å². The first-order chi connectivity index (χ1) is 21.2. The summed E-state index contributed by atoms with van der Waals surface area (Å²) in [5.41, 5.74) is 9.13. The predicted octanol–water partition coefficient (Wildman–Crippen LogP) is 9.99. The molecule has 9 aromatic rings. The van der Waals surface area contributed by atoms with Crippen molar-refractivity contribution in [3.05, 3.63) is 126 Å². The maximum absolute atomic E-state index is 9.85. The fraction of sp³-hybridized carbons (Fsp3) is 0. The molecule has 0 unspecified atom stereocenters. The van der Waals surface area contributed by atoms with Crippen molar-refractivity contribution in [1.82, 2.24) is 4.57 Å². The molecule has 0 aliphatic rings. The molecule has 3 heterocycles. The molecule has 198 valence electrons. The normalized spacial score (nSPS) is 11.7. The third-order valence-corrected chi connectivity index (χ3v) is 8.46. The second kappa shape index (κ2) is 8.60. The topological polar surface area (TPSA) is 78.8 Å². The maximum atomic E-state index is 9.85. The second-order valence-electron chi connectivity index (χ2n) is 10.8. The lowest BCUT2D eigenvalue weighted by Gasteiger charge is -2.14. The molecule has 9 rings (SSSR count). The lowest BCUT2D eigenvalue weighted by molar-refractivity contribution is 0.633. The lowest BCUT2D eigenvalue weighted by Crippen LogP contribution is -1.98. The standard InChI is InChI=1S/C38H19N3O2/c39-20-22-9-14-34(41-32-7-3-1-5-25(32)26-6-2-4-8-33(26)41)29(17-22)24-11-16-36-31(19-24)28-13-12-27-30-18-23(21-40)10-15-35(30)42-37(27)38(28)43-36/h1-19H. The molecule has 0 aliphatic carbocycles. The van der Waals surface area contributed by atoms with Crippen LogP contribution in [0.4, 0.5) is 0 Å². The molecule has 0 aliphatic heterocycles. The number of benzene rings is 6. The summed E-state index contributed by atoms with van der Waals surface area (Å²) in [6.45, 7) is 0. The molecular formula is C38H19N3O2. The molecule has 0 saturated heterocycles. The van der Waals surface area contributed by atoms with Crippen LogP contribution in [0.1, 0.15) is 11.1 Å². The summed E-state index contributed by atoms with van der Waals surface area (Å²) in [6.07, 6.45) is 0. The summed E-state index contributed by atoms with van der Waals surface area (Å²) >= 11 is 0. The zero-order chi connectivity index (χ0) is 28.7. The summed E-state index contributed by atoms with van der Waals surface area (Å²) in [7, 11) is 0. The van der Waals surface area contributed by atoms with Crippen molar-refractivity contribution in [2.45, 2.75) is 0 Å². The van der Waals surface area contributed by atoms with Gasteiger partial charge in [-0.25, -0.2) is 0 Å². The van der Waals surface area contributed by atoms with Crippen LogP contribution in [0, 0.1) is 22.7 Å². The van der Waals surface area contributed by atoms with Crippen molar-refractivity contribution in [1.29, 1.82) is 10.5 Å². The van der Waals surface area contributed by atoms with Crippen molar-refractivity contribution in [3.63, 3.8) is 0 Å². The van der Waals surface area contributed by atoms with Crippen LogP contribution in [0.5, 0.6) is 0 Å². The number of hydrogen-bond donors (Lipinski definition) is 0. The quantitative estimate of drug-likeness (QED) is 0.215. The van der Waals surface area contributed by atoms with E-state index in [1.54, 1.807) is 6.07 Å². The molecule has 43 heavy (non-hydrogen) atoms. The zero-order valence-corrected chi connectivity index (χ0v) is 22.6. The first-order valence-corrected chi connectivity index (χ1v) is 14.0. The molecular weight excluding hydrogens is 530 g/mol. The highest BCUT2D eigenvalue weighted by atomic mass is 16.4. The number of nitrogens with zero attached hydrogens (tertiary/aromatic N) is 3. The van der Waals surface area contributed by atoms with Gasteiger partial charge in [0.1, 0.15) is 11.2 Å². The van der Waals surface area contributed by atoms with Crippen molar-refractivity contribution in [3.8, 4) is 29.0 Å². The number of hydrogen-bond acceptors (Lipinski definition) is 4. The third-order valence-electron chi connectivity index (χ3n) is 8.46. The zero-order valence-electron chi connectivity index (χ0n) is 22.6. The first-order valence-electron chi connectivity index (χ1n) is 14.0. The number of rotatable bonds is 2. The third kappa shape index (κ3) is 3.25. The summed E-state index contributed by atoms with van der Waals surface area (Å²) in [5, 5.41) is 25.3. The van der Waals surface area contributed by atoms with Gasteiger partial charge in [0.25, 0.3) is 0 Å². The molecule has 0 fully saturated rings. The summed E-state index contributed by atoms with van der Waals surface area (Å²) in [6, 6.07) is 43.0. The van der Waals surface area contributed by atoms with Gasteiger partial charge < -0.3 is 13.4 Å². The van der Waals surface area contributed by atoms with Crippen molar-refractivity contribution in [2.24, 2.45) is 0 Å². The molecule has 0 N–H and O–H groups in total. The average molecular weight is 550 g/mol. The Labute approximate surface area is 244 Å². The Morgan fingerprint density at radius 1 is 0.488 bits per heavy atom. The Hall–Kier alpha value is -6.30. The van der Waals surface area contributed by atoms with Gasteiger partial charge in [-0.1, -0.05) is 42.5 Å². The maximum Gasteiger partial charge on any atom is 0.178 e. The summed E-state index contributed by atoms with van der Waals surface area (Å²) < 4.78 is 14.9. The van der Waals surface area contributed by atoms with E-state index in [1.165, 1.54) is 10.8 Å². The minimum absolute atomic E-state index is 0.586. The van der Waals surface area contributed by atoms with E-state index >= 15 is 0 Å². The molecule has 0 spiro atoms. The smallest absolute Gasteiger partial charge is 0.178 e. The number of fused-ring (bicyclic) bond motifs is 10. The Kier molecular flexibility index (Phi) is 4.68. The van der Waals surface area contributed by atoms with E-state index in [2.05, 4.69) is 77.4 Å². The molecule has 6 aromatic carbocycles.